The number of rotatable bonds is 7. The lowest BCUT2D eigenvalue weighted by Gasteiger charge is -2.28. The molecule has 1 aromatic carbocycles. The van der Waals surface area contributed by atoms with Crippen molar-refractivity contribution in [1.82, 2.24) is 15.5 Å². The van der Waals surface area contributed by atoms with E-state index in [1.54, 1.807) is 39.0 Å². The van der Waals surface area contributed by atoms with Crippen LogP contribution in [-0.2, 0) is 30.4 Å². The first kappa shape index (κ1) is 26.7. The molecule has 10 heteroatoms. The van der Waals surface area contributed by atoms with Crippen LogP contribution in [0.3, 0.4) is 0 Å². The molecule has 3 amide bonds. The van der Waals surface area contributed by atoms with E-state index in [0.717, 1.165) is 5.56 Å². The quantitative estimate of drug-likeness (QED) is 0.269. The first-order valence-electron chi connectivity index (χ1n) is 11.0. The molecule has 0 saturated heterocycles. The highest BCUT2D eigenvalue weighted by atomic mass is 16.6. The van der Waals surface area contributed by atoms with Crippen LogP contribution in [0.2, 0.25) is 0 Å². The summed E-state index contributed by atoms with van der Waals surface area (Å²) in [5.74, 6) is -1.66. The van der Waals surface area contributed by atoms with Gasteiger partial charge in [-0.2, -0.15) is 0 Å². The third kappa shape index (κ3) is 9.51. The third-order valence-electron chi connectivity index (χ3n) is 4.80. The summed E-state index contributed by atoms with van der Waals surface area (Å²) >= 11 is 0. The van der Waals surface area contributed by atoms with Gasteiger partial charge in [0.05, 0.1) is 19.4 Å². The van der Waals surface area contributed by atoms with E-state index in [2.05, 4.69) is 15.4 Å². The van der Waals surface area contributed by atoms with Crippen molar-refractivity contribution < 1.29 is 33.4 Å². The summed E-state index contributed by atoms with van der Waals surface area (Å²) in [5, 5.41) is 5.14. The van der Waals surface area contributed by atoms with Crippen LogP contribution in [0.1, 0.15) is 39.2 Å². The topological polar surface area (TPSA) is 123 Å². The van der Waals surface area contributed by atoms with Crippen LogP contribution >= 0.6 is 0 Å². The molecule has 0 bridgehead atoms. The highest BCUT2D eigenvalue weighted by Crippen LogP contribution is 2.16. The summed E-state index contributed by atoms with van der Waals surface area (Å²) < 4.78 is 15.3. The van der Waals surface area contributed by atoms with Crippen molar-refractivity contribution in [3.05, 3.63) is 48.0 Å². The predicted molar refractivity (Wildman–Crippen MR) is 123 cm³/mol. The number of methoxy groups -OCH3 is 1. The van der Waals surface area contributed by atoms with E-state index >= 15 is 0 Å². The Balaban J connectivity index is 1.99. The Morgan fingerprint density at radius 1 is 1.09 bits per heavy atom. The second-order valence-electron chi connectivity index (χ2n) is 8.84. The zero-order chi connectivity index (χ0) is 25.1. The fourth-order valence-corrected chi connectivity index (χ4v) is 3.13. The highest BCUT2D eigenvalue weighted by Gasteiger charge is 2.30. The van der Waals surface area contributed by atoms with Crippen LogP contribution in [0, 0.1) is 5.92 Å². The minimum atomic E-state index is -1.05. The molecule has 1 aliphatic rings. The van der Waals surface area contributed by atoms with Gasteiger partial charge in [0.15, 0.2) is 0 Å². The Morgan fingerprint density at radius 3 is 2.44 bits per heavy atom. The van der Waals surface area contributed by atoms with Gasteiger partial charge in [-0.05, 0) is 32.8 Å². The van der Waals surface area contributed by atoms with Gasteiger partial charge < -0.3 is 29.7 Å². The monoisotopic (exact) mass is 475 g/mol. The van der Waals surface area contributed by atoms with Gasteiger partial charge in [0, 0.05) is 13.1 Å². The third-order valence-corrected chi connectivity index (χ3v) is 4.80. The molecule has 2 atom stereocenters. The van der Waals surface area contributed by atoms with Crippen molar-refractivity contribution in [3.8, 4) is 0 Å². The number of alkyl carbamates (subject to hydrolysis) is 1. The van der Waals surface area contributed by atoms with E-state index in [1.807, 2.05) is 24.3 Å². The average molecular weight is 476 g/mol. The lowest BCUT2D eigenvalue weighted by Crippen LogP contribution is -2.52. The number of hydrogen-bond acceptors (Lipinski definition) is 7. The van der Waals surface area contributed by atoms with Gasteiger partial charge in [-0.25, -0.2) is 9.59 Å². The summed E-state index contributed by atoms with van der Waals surface area (Å²) in [5.41, 5.74) is 0.124. The summed E-state index contributed by atoms with van der Waals surface area (Å²) in [6.45, 7) is 5.77. The van der Waals surface area contributed by atoms with Gasteiger partial charge in [-0.3, -0.25) is 9.59 Å². The number of carbonyl (C=O) groups excluding carboxylic acids is 4. The van der Waals surface area contributed by atoms with Gasteiger partial charge in [0.2, 0.25) is 5.91 Å². The van der Waals surface area contributed by atoms with Gasteiger partial charge in [0.25, 0.3) is 0 Å². The normalized spacial score (nSPS) is 16.6. The Labute approximate surface area is 199 Å². The lowest BCUT2D eigenvalue weighted by atomic mass is 10.0. The number of carbonyl (C=O) groups is 4. The Morgan fingerprint density at radius 2 is 1.79 bits per heavy atom. The van der Waals surface area contributed by atoms with Crippen molar-refractivity contribution >= 4 is 24.1 Å². The zero-order valence-corrected chi connectivity index (χ0v) is 20.0. The Bertz CT molecular complexity index is 880. The maximum absolute atomic E-state index is 13.0. The molecule has 0 aliphatic carbocycles. The van der Waals surface area contributed by atoms with Crippen molar-refractivity contribution in [2.24, 2.45) is 5.92 Å². The maximum atomic E-state index is 13.0. The number of nitrogens with one attached hydrogen (secondary N) is 2. The molecule has 1 aliphatic heterocycles. The number of benzene rings is 1. The average Bonchev–Trinajstić information content (AvgIpc) is 3.04. The van der Waals surface area contributed by atoms with E-state index in [4.69, 9.17) is 9.47 Å². The number of amides is 3. The van der Waals surface area contributed by atoms with Crippen molar-refractivity contribution in [2.75, 3.05) is 20.2 Å². The molecule has 1 aromatic rings. The minimum Gasteiger partial charge on any atom is -0.469 e. The van der Waals surface area contributed by atoms with Crippen molar-refractivity contribution in [1.29, 1.82) is 0 Å². The van der Waals surface area contributed by atoms with Gasteiger partial charge >= 0.3 is 18.2 Å². The SMILES string of the molecule is COC(=O)C[C@H](NC(=O)OCc1ccccc1)NC(=O)[C@@H]1CC=CCN(C(=O)OC(C)(C)C)C1. The van der Waals surface area contributed by atoms with Crippen LogP contribution in [0.25, 0.3) is 0 Å². The first-order valence-corrected chi connectivity index (χ1v) is 11.0. The molecule has 34 heavy (non-hydrogen) atoms. The number of nitrogens with zero attached hydrogens (tertiary/aromatic N) is 1. The van der Waals surface area contributed by atoms with E-state index < -0.39 is 41.7 Å². The second kappa shape index (κ2) is 12.6. The van der Waals surface area contributed by atoms with Gasteiger partial charge in [-0.15, -0.1) is 0 Å². The van der Waals surface area contributed by atoms with Crippen LogP contribution in [0.15, 0.2) is 42.5 Å². The predicted octanol–water partition coefficient (Wildman–Crippen LogP) is 2.73. The fraction of sp³-hybridized carbons (Fsp3) is 0.500. The Kier molecular flexibility index (Phi) is 9.91. The van der Waals surface area contributed by atoms with Gasteiger partial charge in [0.1, 0.15) is 18.4 Å². The minimum absolute atomic E-state index is 0.0316. The standard InChI is InChI=1S/C24H33N3O7/c1-24(2,3)34-23(31)27-13-9-8-12-18(15-27)21(29)25-19(14-20(28)32-4)26-22(30)33-16-17-10-6-5-7-11-17/h5-11,18-19H,12-16H2,1-4H3,(H,25,29)(H,26,30)/t18-,19+/m1/s1. The van der Waals surface area contributed by atoms with Crippen LogP contribution in [-0.4, -0.2) is 60.9 Å². The molecule has 0 fully saturated rings. The molecule has 0 radical (unpaired) electrons. The summed E-state index contributed by atoms with van der Waals surface area (Å²) in [7, 11) is 1.21. The molecule has 1 heterocycles. The fourth-order valence-electron chi connectivity index (χ4n) is 3.13. The molecule has 0 aromatic heterocycles. The molecular formula is C24H33N3O7. The van der Waals surface area contributed by atoms with Crippen LogP contribution in [0.4, 0.5) is 9.59 Å². The molecule has 0 unspecified atom stereocenters. The summed E-state index contributed by atoms with van der Waals surface area (Å²) in [4.78, 5) is 51.0. The summed E-state index contributed by atoms with van der Waals surface area (Å²) in [6.07, 6.45) is 1.33. The molecule has 186 valence electrons. The molecule has 2 N–H and O–H groups in total. The number of esters is 1. The van der Waals surface area contributed by atoms with E-state index in [0.29, 0.717) is 13.0 Å². The van der Waals surface area contributed by atoms with Crippen LogP contribution in [0.5, 0.6) is 0 Å². The largest absolute Gasteiger partial charge is 0.469 e. The lowest BCUT2D eigenvalue weighted by molar-refractivity contribution is -0.141. The highest BCUT2D eigenvalue weighted by molar-refractivity contribution is 5.82. The molecule has 10 nitrogen and oxygen atoms in total. The zero-order valence-electron chi connectivity index (χ0n) is 20.0. The second-order valence-corrected chi connectivity index (χ2v) is 8.84. The number of allylic oxidation sites excluding steroid dienone is 1. The smallest absolute Gasteiger partial charge is 0.410 e. The van der Waals surface area contributed by atoms with Gasteiger partial charge in [-0.1, -0.05) is 42.5 Å². The number of hydrogen-bond donors (Lipinski definition) is 2. The van der Waals surface area contributed by atoms with Crippen LogP contribution < -0.4 is 10.6 Å². The van der Waals surface area contributed by atoms with Crippen molar-refractivity contribution in [3.63, 3.8) is 0 Å². The van der Waals surface area contributed by atoms with E-state index in [1.165, 1.54) is 12.0 Å². The van der Waals surface area contributed by atoms with Crippen molar-refractivity contribution in [2.45, 2.75) is 52.0 Å². The summed E-state index contributed by atoms with van der Waals surface area (Å²) in [6, 6.07) is 9.09. The number of ether oxygens (including phenoxy) is 3. The maximum Gasteiger partial charge on any atom is 0.410 e. The molecule has 0 spiro atoms. The molecule has 0 saturated carbocycles. The first-order chi connectivity index (χ1) is 16.1. The van der Waals surface area contributed by atoms with E-state index in [-0.39, 0.29) is 19.6 Å². The molecular weight excluding hydrogens is 442 g/mol. The Hall–Kier alpha value is -3.56. The van der Waals surface area contributed by atoms with E-state index in [9.17, 15) is 19.2 Å². The molecule has 2 rings (SSSR count).